The maximum Gasteiger partial charge on any atom is 0.277 e. The van der Waals surface area contributed by atoms with E-state index in [1.807, 2.05) is 0 Å². The van der Waals surface area contributed by atoms with Gasteiger partial charge >= 0.3 is 0 Å². The Labute approximate surface area is 143 Å². The SMILES string of the molecule is Cc1ccc(-c2cc(C(=O)Nc3cccc(Cl)c3C)no2)cc1F. The summed E-state index contributed by atoms with van der Waals surface area (Å²) in [5, 5.41) is 7.04. The molecule has 3 rings (SSSR count). The molecule has 0 radical (unpaired) electrons. The van der Waals surface area contributed by atoms with Gasteiger partial charge in [0.15, 0.2) is 11.5 Å². The molecule has 0 saturated carbocycles. The fraction of sp³-hybridized carbons (Fsp3) is 0.111. The second-order valence-corrected chi connectivity index (χ2v) is 5.81. The van der Waals surface area contributed by atoms with Crippen molar-refractivity contribution < 1.29 is 13.7 Å². The largest absolute Gasteiger partial charge is 0.355 e. The van der Waals surface area contributed by atoms with Gasteiger partial charge in [-0.2, -0.15) is 0 Å². The molecule has 0 saturated heterocycles. The third kappa shape index (κ3) is 3.16. The van der Waals surface area contributed by atoms with Gasteiger partial charge in [0, 0.05) is 22.3 Å². The molecule has 122 valence electrons. The summed E-state index contributed by atoms with van der Waals surface area (Å²) < 4.78 is 18.8. The third-order valence-corrected chi connectivity index (χ3v) is 4.12. The van der Waals surface area contributed by atoms with Crippen molar-refractivity contribution in [3.05, 3.63) is 70.1 Å². The number of benzene rings is 2. The zero-order chi connectivity index (χ0) is 17.3. The number of halogens is 2. The first-order chi connectivity index (χ1) is 11.5. The Morgan fingerprint density at radius 3 is 2.75 bits per heavy atom. The highest BCUT2D eigenvalue weighted by molar-refractivity contribution is 6.31. The molecule has 2 aromatic carbocycles. The summed E-state index contributed by atoms with van der Waals surface area (Å²) in [7, 11) is 0. The van der Waals surface area contributed by atoms with Crippen LogP contribution in [0, 0.1) is 19.7 Å². The Bertz CT molecular complexity index is 921. The number of aryl methyl sites for hydroxylation is 1. The van der Waals surface area contributed by atoms with Gasteiger partial charge in [0.05, 0.1) is 0 Å². The fourth-order valence-electron chi connectivity index (χ4n) is 2.19. The van der Waals surface area contributed by atoms with Crippen LogP contribution in [0.25, 0.3) is 11.3 Å². The monoisotopic (exact) mass is 344 g/mol. The summed E-state index contributed by atoms with van der Waals surface area (Å²) in [5.41, 5.74) is 2.51. The van der Waals surface area contributed by atoms with Crippen molar-refractivity contribution in [1.29, 1.82) is 0 Å². The molecular weight excluding hydrogens is 331 g/mol. The van der Waals surface area contributed by atoms with E-state index in [0.717, 1.165) is 5.56 Å². The number of nitrogens with zero attached hydrogens (tertiary/aromatic N) is 1. The van der Waals surface area contributed by atoms with Crippen LogP contribution in [0.4, 0.5) is 10.1 Å². The van der Waals surface area contributed by atoms with Crippen LogP contribution in [0.5, 0.6) is 0 Å². The van der Waals surface area contributed by atoms with Gasteiger partial charge in [0.2, 0.25) is 0 Å². The van der Waals surface area contributed by atoms with Gasteiger partial charge in [-0.1, -0.05) is 35.0 Å². The van der Waals surface area contributed by atoms with Crippen molar-refractivity contribution in [3.63, 3.8) is 0 Å². The number of hydrogen-bond acceptors (Lipinski definition) is 3. The van der Waals surface area contributed by atoms with Crippen LogP contribution in [0.2, 0.25) is 5.02 Å². The smallest absolute Gasteiger partial charge is 0.277 e. The van der Waals surface area contributed by atoms with Gasteiger partial charge in [0.25, 0.3) is 5.91 Å². The Balaban J connectivity index is 1.83. The average Bonchev–Trinajstić information content (AvgIpc) is 3.04. The number of hydrogen-bond donors (Lipinski definition) is 1. The lowest BCUT2D eigenvalue weighted by molar-refractivity contribution is 0.101. The predicted molar refractivity (Wildman–Crippen MR) is 90.8 cm³/mol. The topological polar surface area (TPSA) is 55.1 Å². The standard InChI is InChI=1S/C18H14ClFN2O2/c1-10-6-7-12(8-14(10)20)17-9-16(22-24-17)18(23)21-15-5-3-4-13(19)11(15)2/h3-9H,1-2H3,(H,21,23). The van der Waals surface area contributed by atoms with Gasteiger partial charge in [-0.05, 0) is 43.2 Å². The summed E-state index contributed by atoms with van der Waals surface area (Å²) >= 11 is 6.03. The third-order valence-electron chi connectivity index (χ3n) is 3.72. The van der Waals surface area contributed by atoms with E-state index in [1.54, 1.807) is 44.2 Å². The molecule has 0 bridgehead atoms. The van der Waals surface area contributed by atoms with Gasteiger partial charge in [-0.15, -0.1) is 0 Å². The first-order valence-electron chi connectivity index (χ1n) is 7.25. The van der Waals surface area contributed by atoms with Crippen LogP contribution in [-0.4, -0.2) is 11.1 Å². The zero-order valence-electron chi connectivity index (χ0n) is 13.1. The van der Waals surface area contributed by atoms with E-state index in [1.165, 1.54) is 12.1 Å². The van der Waals surface area contributed by atoms with Gasteiger partial charge in [-0.25, -0.2) is 4.39 Å². The first kappa shape index (κ1) is 16.2. The van der Waals surface area contributed by atoms with Crippen LogP contribution in [0.1, 0.15) is 21.6 Å². The molecule has 0 atom stereocenters. The molecule has 1 amide bonds. The average molecular weight is 345 g/mol. The van der Waals surface area contributed by atoms with E-state index in [2.05, 4.69) is 10.5 Å². The molecule has 0 aliphatic heterocycles. The predicted octanol–water partition coefficient (Wildman–Crippen LogP) is 5.00. The normalized spacial score (nSPS) is 10.7. The number of carbonyl (C=O) groups excluding carboxylic acids is 1. The van der Waals surface area contributed by atoms with Crippen LogP contribution < -0.4 is 5.32 Å². The minimum absolute atomic E-state index is 0.102. The summed E-state index contributed by atoms with van der Waals surface area (Å²) in [6.07, 6.45) is 0. The number of rotatable bonds is 3. The molecule has 0 aliphatic rings. The molecule has 24 heavy (non-hydrogen) atoms. The summed E-state index contributed by atoms with van der Waals surface area (Å²) in [6, 6.07) is 11.4. The molecule has 0 aliphatic carbocycles. The molecule has 3 aromatic rings. The Morgan fingerprint density at radius 2 is 2.00 bits per heavy atom. The minimum atomic E-state index is -0.428. The number of aromatic nitrogens is 1. The fourth-order valence-corrected chi connectivity index (χ4v) is 2.37. The molecule has 0 unspecified atom stereocenters. The van der Waals surface area contributed by atoms with Gasteiger partial charge in [0.1, 0.15) is 5.82 Å². The van der Waals surface area contributed by atoms with Crippen molar-refractivity contribution in [2.45, 2.75) is 13.8 Å². The summed E-state index contributed by atoms with van der Waals surface area (Å²) in [6.45, 7) is 3.48. The molecule has 4 nitrogen and oxygen atoms in total. The van der Waals surface area contributed by atoms with E-state index in [-0.39, 0.29) is 11.5 Å². The molecule has 0 spiro atoms. The molecule has 1 N–H and O–H groups in total. The second-order valence-electron chi connectivity index (χ2n) is 5.41. The van der Waals surface area contributed by atoms with Crippen molar-refractivity contribution in [3.8, 4) is 11.3 Å². The summed E-state index contributed by atoms with van der Waals surface area (Å²) in [4.78, 5) is 12.3. The second kappa shape index (κ2) is 6.45. The van der Waals surface area contributed by atoms with Gasteiger partial charge in [-0.3, -0.25) is 4.79 Å². The lowest BCUT2D eigenvalue weighted by atomic mass is 10.1. The van der Waals surface area contributed by atoms with Crippen LogP contribution >= 0.6 is 11.6 Å². The number of amides is 1. The minimum Gasteiger partial charge on any atom is -0.355 e. The molecule has 1 aromatic heterocycles. The van der Waals surface area contributed by atoms with Crippen LogP contribution in [0.15, 0.2) is 47.0 Å². The first-order valence-corrected chi connectivity index (χ1v) is 7.63. The van der Waals surface area contributed by atoms with Crippen molar-refractivity contribution >= 4 is 23.2 Å². The molecule has 1 heterocycles. The molecular formula is C18H14ClFN2O2. The highest BCUT2D eigenvalue weighted by atomic mass is 35.5. The zero-order valence-corrected chi connectivity index (χ0v) is 13.8. The lowest BCUT2D eigenvalue weighted by Gasteiger charge is -2.07. The van der Waals surface area contributed by atoms with Crippen molar-refractivity contribution in [2.24, 2.45) is 0 Å². The van der Waals surface area contributed by atoms with E-state index in [9.17, 15) is 9.18 Å². The Hall–Kier alpha value is -2.66. The molecule has 6 heteroatoms. The lowest BCUT2D eigenvalue weighted by Crippen LogP contribution is -2.13. The summed E-state index contributed by atoms with van der Waals surface area (Å²) in [5.74, 6) is -0.450. The van der Waals surface area contributed by atoms with E-state index in [4.69, 9.17) is 16.1 Å². The van der Waals surface area contributed by atoms with Crippen LogP contribution in [-0.2, 0) is 0 Å². The van der Waals surface area contributed by atoms with E-state index >= 15 is 0 Å². The van der Waals surface area contributed by atoms with E-state index < -0.39 is 5.91 Å². The van der Waals surface area contributed by atoms with E-state index in [0.29, 0.717) is 27.6 Å². The number of anilines is 1. The quantitative estimate of drug-likeness (QED) is 0.727. The number of nitrogens with one attached hydrogen (secondary N) is 1. The highest BCUT2D eigenvalue weighted by Crippen LogP contribution is 2.25. The van der Waals surface area contributed by atoms with Crippen molar-refractivity contribution in [1.82, 2.24) is 5.16 Å². The maximum atomic E-state index is 13.6. The molecule has 0 fully saturated rings. The Kier molecular flexibility index (Phi) is 4.36. The van der Waals surface area contributed by atoms with Crippen molar-refractivity contribution in [2.75, 3.05) is 5.32 Å². The highest BCUT2D eigenvalue weighted by Gasteiger charge is 2.16. The van der Waals surface area contributed by atoms with Gasteiger partial charge < -0.3 is 9.84 Å². The van der Waals surface area contributed by atoms with Crippen LogP contribution in [0.3, 0.4) is 0 Å². The maximum absolute atomic E-state index is 13.6. The number of carbonyl (C=O) groups is 1. The Morgan fingerprint density at radius 1 is 1.21 bits per heavy atom.